The fourth-order valence-corrected chi connectivity index (χ4v) is 2.94. The van der Waals surface area contributed by atoms with Crippen LogP contribution >= 0.6 is 0 Å². The average molecular weight is 305 g/mol. The molecule has 5 heteroatoms. The van der Waals surface area contributed by atoms with Gasteiger partial charge in [0.15, 0.2) is 0 Å². The van der Waals surface area contributed by atoms with Crippen LogP contribution in [0.4, 0.5) is 0 Å². The van der Waals surface area contributed by atoms with Gasteiger partial charge in [-0.15, -0.1) is 0 Å². The lowest BCUT2D eigenvalue weighted by Crippen LogP contribution is -2.14. The molecule has 0 heterocycles. The molecule has 0 amide bonds. The van der Waals surface area contributed by atoms with Crippen molar-refractivity contribution in [1.82, 2.24) is 0 Å². The molecule has 0 unspecified atom stereocenters. The monoisotopic (exact) mass is 305 g/mol. The van der Waals surface area contributed by atoms with Gasteiger partial charge in [-0.3, -0.25) is 0 Å². The van der Waals surface area contributed by atoms with Crippen molar-refractivity contribution in [2.75, 3.05) is 0 Å². The van der Waals surface area contributed by atoms with E-state index in [4.69, 9.17) is 9.88 Å². The van der Waals surface area contributed by atoms with Crippen molar-refractivity contribution in [2.24, 2.45) is 5.14 Å². The number of aryl methyl sites for hydroxylation is 3. The highest BCUT2D eigenvalue weighted by Gasteiger charge is 2.16. The lowest BCUT2D eigenvalue weighted by Gasteiger charge is -2.14. The van der Waals surface area contributed by atoms with E-state index in [1.807, 2.05) is 39.0 Å². The predicted octanol–water partition coefficient (Wildman–Crippen LogP) is 2.84. The minimum absolute atomic E-state index is 0.0220. The van der Waals surface area contributed by atoms with Crippen molar-refractivity contribution >= 4 is 10.0 Å². The topological polar surface area (TPSA) is 69.4 Å². The molecule has 0 saturated heterocycles. The normalized spacial score (nSPS) is 11.4. The molecule has 0 spiro atoms. The lowest BCUT2D eigenvalue weighted by atomic mass is 10.0. The predicted molar refractivity (Wildman–Crippen MR) is 82.8 cm³/mol. The van der Waals surface area contributed by atoms with Crippen molar-refractivity contribution in [2.45, 2.75) is 32.3 Å². The lowest BCUT2D eigenvalue weighted by molar-refractivity contribution is 0.296. The Balaban J connectivity index is 2.33. The molecule has 0 bridgehead atoms. The molecule has 2 N–H and O–H groups in total. The van der Waals surface area contributed by atoms with Crippen LogP contribution < -0.4 is 9.88 Å². The highest BCUT2D eigenvalue weighted by Crippen LogP contribution is 2.25. The van der Waals surface area contributed by atoms with Gasteiger partial charge < -0.3 is 4.74 Å². The molecule has 0 aliphatic rings. The van der Waals surface area contributed by atoms with Gasteiger partial charge in [-0.25, -0.2) is 13.6 Å². The molecule has 112 valence electrons. The maximum Gasteiger partial charge on any atom is 0.241 e. The van der Waals surface area contributed by atoms with Crippen molar-refractivity contribution in [1.29, 1.82) is 0 Å². The number of ether oxygens (including phenoxy) is 1. The summed E-state index contributed by atoms with van der Waals surface area (Å²) in [6.45, 7) is 6.12. The van der Waals surface area contributed by atoms with Crippen molar-refractivity contribution < 1.29 is 13.2 Å². The van der Waals surface area contributed by atoms with Crippen LogP contribution in [0.3, 0.4) is 0 Å². The van der Waals surface area contributed by atoms with E-state index in [2.05, 4.69) is 0 Å². The van der Waals surface area contributed by atoms with E-state index < -0.39 is 10.0 Å². The van der Waals surface area contributed by atoms with E-state index in [9.17, 15) is 8.42 Å². The van der Waals surface area contributed by atoms with Crippen LogP contribution in [0, 0.1) is 20.8 Å². The second kappa shape index (κ2) is 5.87. The Morgan fingerprint density at radius 2 is 1.67 bits per heavy atom. The summed E-state index contributed by atoms with van der Waals surface area (Å²) < 4.78 is 29.0. The number of primary sulfonamides is 1. The molecule has 0 aliphatic carbocycles. The fraction of sp³-hybridized carbons (Fsp3) is 0.250. The van der Waals surface area contributed by atoms with Crippen molar-refractivity contribution in [3.05, 3.63) is 58.7 Å². The summed E-state index contributed by atoms with van der Waals surface area (Å²) >= 11 is 0. The van der Waals surface area contributed by atoms with Crippen LogP contribution in [-0.2, 0) is 16.6 Å². The van der Waals surface area contributed by atoms with Gasteiger partial charge in [0, 0.05) is 0 Å². The standard InChI is InChI=1S/C16H19NO3S/c1-11-7-8-15(16(9-11)21(17,18)19)20-10-14-12(2)5-4-6-13(14)3/h4-9H,10H2,1-3H3,(H2,17,18,19). The van der Waals surface area contributed by atoms with Crippen LogP contribution in [0.5, 0.6) is 5.75 Å². The first kappa shape index (κ1) is 15.5. The molecule has 0 atom stereocenters. The molecule has 21 heavy (non-hydrogen) atoms. The van der Waals surface area contributed by atoms with E-state index in [0.717, 1.165) is 22.3 Å². The van der Waals surface area contributed by atoms with Gasteiger partial charge >= 0.3 is 0 Å². The van der Waals surface area contributed by atoms with Crippen LogP contribution in [-0.4, -0.2) is 8.42 Å². The summed E-state index contributed by atoms with van der Waals surface area (Å²) in [6, 6.07) is 10.9. The van der Waals surface area contributed by atoms with Crippen LogP contribution in [0.25, 0.3) is 0 Å². The smallest absolute Gasteiger partial charge is 0.241 e. The highest BCUT2D eigenvalue weighted by molar-refractivity contribution is 7.89. The minimum atomic E-state index is -3.81. The molecular formula is C16H19NO3S. The SMILES string of the molecule is Cc1ccc(OCc2c(C)cccc2C)c(S(N)(=O)=O)c1. The Bertz CT molecular complexity index is 747. The van der Waals surface area contributed by atoms with Gasteiger partial charge in [0.25, 0.3) is 0 Å². The highest BCUT2D eigenvalue weighted by atomic mass is 32.2. The van der Waals surface area contributed by atoms with E-state index in [-0.39, 0.29) is 10.6 Å². The van der Waals surface area contributed by atoms with Gasteiger partial charge in [0.2, 0.25) is 10.0 Å². The first-order valence-corrected chi connectivity index (χ1v) is 8.15. The third-order valence-electron chi connectivity index (χ3n) is 3.42. The van der Waals surface area contributed by atoms with E-state index in [0.29, 0.717) is 6.61 Å². The number of benzene rings is 2. The Morgan fingerprint density at radius 3 is 2.24 bits per heavy atom. The zero-order valence-electron chi connectivity index (χ0n) is 12.4. The number of nitrogens with two attached hydrogens (primary N) is 1. The number of sulfonamides is 1. The summed E-state index contributed by atoms with van der Waals surface area (Å²) in [4.78, 5) is 0.0220. The molecular weight excluding hydrogens is 286 g/mol. The maximum atomic E-state index is 11.6. The molecule has 4 nitrogen and oxygen atoms in total. The molecule has 2 aromatic rings. The van der Waals surface area contributed by atoms with Crippen LogP contribution in [0.1, 0.15) is 22.3 Å². The number of hydrogen-bond donors (Lipinski definition) is 1. The Morgan fingerprint density at radius 1 is 1.05 bits per heavy atom. The van der Waals surface area contributed by atoms with E-state index >= 15 is 0 Å². The van der Waals surface area contributed by atoms with Gasteiger partial charge in [-0.1, -0.05) is 24.3 Å². The van der Waals surface area contributed by atoms with Gasteiger partial charge in [-0.2, -0.15) is 0 Å². The number of hydrogen-bond acceptors (Lipinski definition) is 3. The van der Waals surface area contributed by atoms with E-state index in [1.165, 1.54) is 6.07 Å². The Hall–Kier alpha value is -1.85. The maximum absolute atomic E-state index is 11.6. The average Bonchev–Trinajstić information content (AvgIpc) is 2.38. The van der Waals surface area contributed by atoms with E-state index in [1.54, 1.807) is 12.1 Å². The third kappa shape index (κ3) is 3.62. The van der Waals surface area contributed by atoms with Crippen molar-refractivity contribution in [3.63, 3.8) is 0 Å². The summed E-state index contributed by atoms with van der Waals surface area (Å²) in [5.41, 5.74) is 4.09. The number of rotatable bonds is 4. The van der Waals surface area contributed by atoms with Gasteiger partial charge in [0.1, 0.15) is 17.3 Å². The summed E-state index contributed by atoms with van der Waals surface area (Å²) in [5, 5.41) is 5.25. The Labute approximate surface area is 125 Å². The van der Waals surface area contributed by atoms with Crippen molar-refractivity contribution in [3.8, 4) is 5.75 Å². The molecule has 2 aromatic carbocycles. The molecule has 0 saturated carbocycles. The summed E-state index contributed by atoms with van der Waals surface area (Å²) in [6.07, 6.45) is 0. The summed E-state index contributed by atoms with van der Waals surface area (Å²) in [5.74, 6) is 0.283. The molecule has 0 aromatic heterocycles. The quantitative estimate of drug-likeness (QED) is 0.944. The largest absolute Gasteiger partial charge is 0.487 e. The Kier molecular flexibility index (Phi) is 4.34. The third-order valence-corrected chi connectivity index (χ3v) is 4.35. The zero-order chi connectivity index (χ0) is 15.6. The summed E-state index contributed by atoms with van der Waals surface area (Å²) in [7, 11) is -3.81. The molecule has 0 radical (unpaired) electrons. The molecule has 2 rings (SSSR count). The molecule has 0 fully saturated rings. The van der Waals surface area contributed by atoms with Crippen LogP contribution in [0.2, 0.25) is 0 Å². The zero-order valence-corrected chi connectivity index (χ0v) is 13.2. The van der Waals surface area contributed by atoms with Crippen LogP contribution in [0.15, 0.2) is 41.3 Å². The second-order valence-corrected chi connectivity index (χ2v) is 6.68. The van der Waals surface area contributed by atoms with Gasteiger partial charge in [0.05, 0.1) is 0 Å². The van der Waals surface area contributed by atoms with Gasteiger partial charge in [-0.05, 0) is 55.2 Å². The first-order valence-electron chi connectivity index (χ1n) is 6.60. The second-order valence-electron chi connectivity index (χ2n) is 5.15. The fourth-order valence-electron chi connectivity index (χ4n) is 2.18. The first-order chi connectivity index (χ1) is 9.79. The molecule has 0 aliphatic heterocycles. The minimum Gasteiger partial charge on any atom is -0.487 e.